The number of hydrogen-bond acceptors (Lipinski definition) is 5. The number of allylic oxidation sites excluding steroid dienone is 1. The molecule has 0 aliphatic rings. The molecule has 0 fully saturated rings. The quantitative estimate of drug-likeness (QED) is 0.465. The van der Waals surface area contributed by atoms with Gasteiger partial charge in [-0.15, -0.1) is 17.9 Å². The van der Waals surface area contributed by atoms with E-state index in [-0.39, 0.29) is 22.6 Å². The molecule has 24 heavy (non-hydrogen) atoms. The molecule has 0 aromatic carbocycles. The summed E-state index contributed by atoms with van der Waals surface area (Å²) in [6, 6.07) is 1.78. The van der Waals surface area contributed by atoms with Gasteiger partial charge in [0.1, 0.15) is 4.83 Å². The molecule has 2 aromatic rings. The van der Waals surface area contributed by atoms with Gasteiger partial charge in [0.05, 0.1) is 11.1 Å². The Labute approximate surface area is 150 Å². The van der Waals surface area contributed by atoms with Crippen molar-refractivity contribution in [2.45, 2.75) is 38.9 Å². The van der Waals surface area contributed by atoms with E-state index in [0.717, 1.165) is 6.42 Å². The van der Waals surface area contributed by atoms with Crippen LogP contribution in [0.4, 0.5) is 0 Å². The Morgan fingerprint density at radius 1 is 1.50 bits per heavy atom. The highest BCUT2D eigenvalue weighted by molar-refractivity contribution is 7.99. The van der Waals surface area contributed by atoms with Crippen LogP contribution in [-0.4, -0.2) is 27.8 Å². The Morgan fingerprint density at radius 3 is 2.92 bits per heavy atom. The second kappa shape index (κ2) is 7.98. The average molecular weight is 366 g/mol. The van der Waals surface area contributed by atoms with Crippen molar-refractivity contribution in [3.63, 3.8) is 0 Å². The monoisotopic (exact) mass is 365 g/mol. The number of aromatic nitrogens is 2. The van der Waals surface area contributed by atoms with Gasteiger partial charge in [-0.05, 0) is 23.3 Å². The third-order valence-corrected chi connectivity index (χ3v) is 5.17. The molecule has 5 nitrogen and oxygen atoms in total. The molecule has 130 valence electrons. The van der Waals surface area contributed by atoms with E-state index in [4.69, 9.17) is 0 Å². The van der Waals surface area contributed by atoms with Crippen LogP contribution in [0.2, 0.25) is 0 Å². The molecule has 0 aliphatic heterocycles. The number of nitrogens with zero attached hydrogens (tertiary/aromatic N) is 2. The van der Waals surface area contributed by atoms with Crippen molar-refractivity contribution in [3.8, 4) is 0 Å². The third kappa shape index (κ3) is 4.95. The normalized spacial score (nSPS) is 11.6. The molecule has 0 aliphatic carbocycles. The standard InChI is InChI=1S/C17H23N3O2S2/c1-5-9-20-15(22)12-6-10-23-14(12)19-16(20)24-11-13(21)18-8-7-17(2,3)4/h5-6,10H,1,7-9,11H2,2-4H3,(H,18,21). The zero-order valence-electron chi connectivity index (χ0n) is 14.3. The molecule has 1 N–H and O–H groups in total. The highest BCUT2D eigenvalue weighted by Crippen LogP contribution is 2.21. The first-order valence-electron chi connectivity index (χ1n) is 7.80. The highest BCUT2D eigenvalue weighted by Gasteiger charge is 2.14. The van der Waals surface area contributed by atoms with E-state index in [2.05, 4.69) is 37.7 Å². The molecule has 0 spiro atoms. The maximum Gasteiger partial charge on any atom is 0.263 e. The summed E-state index contributed by atoms with van der Waals surface area (Å²) in [5, 5.41) is 5.94. The minimum Gasteiger partial charge on any atom is -0.355 e. The van der Waals surface area contributed by atoms with Gasteiger partial charge in [0, 0.05) is 13.1 Å². The number of fused-ring (bicyclic) bond motifs is 1. The molecule has 0 saturated carbocycles. The number of amides is 1. The van der Waals surface area contributed by atoms with Crippen molar-refractivity contribution in [3.05, 3.63) is 34.5 Å². The summed E-state index contributed by atoms with van der Waals surface area (Å²) in [6.45, 7) is 11.1. The van der Waals surface area contributed by atoms with Gasteiger partial charge in [0.2, 0.25) is 5.91 Å². The molecule has 2 heterocycles. The fourth-order valence-corrected chi connectivity index (χ4v) is 3.73. The molecule has 0 unspecified atom stereocenters. The van der Waals surface area contributed by atoms with Crippen LogP contribution in [0.3, 0.4) is 0 Å². The van der Waals surface area contributed by atoms with Crippen LogP contribution in [0.5, 0.6) is 0 Å². The minimum atomic E-state index is -0.0863. The molecule has 2 rings (SSSR count). The second-order valence-corrected chi connectivity index (χ2v) is 8.52. The number of carbonyl (C=O) groups is 1. The van der Waals surface area contributed by atoms with Crippen LogP contribution >= 0.6 is 23.1 Å². The van der Waals surface area contributed by atoms with Crippen molar-refractivity contribution in [2.75, 3.05) is 12.3 Å². The van der Waals surface area contributed by atoms with E-state index < -0.39 is 0 Å². The summed E-state index contributed by atoms with van der Waals surface area (Å²) >= 11 is 2.71. The van der Waals surface area contributed by atoms with Crippen LogP contribution in [-0.2, 0) is 11.3 Å². The van der Waals surface area contributed by atoms with Gasteiger partial charge in [0.25, 0.3) is 5.56 Å². The Kier molecular flexibility index (Phi) is 6.23. The van der Waals surface area contributed by atoms with Crippen molar-refractivity contribution in [2.24, 2.45) is 5.41 Å². The van der Waals surface area contributed by atoms with Crippen LogP contribution in [0, 0.1) is 5.41 Å². The molecular weight excluding hydrogens is 342 g/mol. The lowest BCUT2D eigenvalue weighted by Crippen LogP contribution is -2.29. The third-order valence-electron chi connectivity index (χ3n) is 3.39. The summed E-state index contributed by atoms with van der Waals surface area (Å²) in [5.41, 5.74) is 0.105. The topological polar surface area (TPSA) is 64.0 Å². The largest absolute Gasteiger partial charge is 0.355 e. The summed E-state index contributed by atoms with van der Waals surface area (Å²) in [5.74, 6) is 0.194. The van der Waals surface area contributed by atoms with Gasteiger partial charge < -0.3 is 5.32 Å². The van der Waals surface area contributed by atoms with Gasteiger partial charge in [-0.3, -0.25) is 14.2 Å². The van der Waals surface area contributed by atoms with Crippen molar-refractivity contribution in [1.29, 1.82) is 0 Å². The summed E-state index contributed by atoms with van der Waals surface area (Å²) in [7, 11) is 0. The second-order valence-electron chi connectivity index (χ2n) is 6.69. The predicted octanol–water partition coefficient (Wildman–Crippen LogP) is 3.29. The highest BCUT2D eigenvalue weighted by atomic mass is 32.2. The number of carbonyl (C=O) groups excluding carboxylic acids is 1. The van der Waals surface area contributed by atoms with E-state index in [1.807, 2.05) is 5.38 Å². The predicted molar refractivity (Wildman–Crippen MR) is 102 cm³/mol. The van der Waals surface area contributed by atoms with Crippen LogP contribution in [0.15, 0.2) is 34.1 Å². The molecule has 0 bridgehead atoms. The first-order chi connectivity index (χ1) is 11.3. The molecular formula is C17H23N3O2S2. The van der Waals surface area contributed by atoms with Gasteiger partial charge in [0.15, 0.2) is 5.16 Å². The Hall–Kier alpha value is -1.60. The fraction of sp³-hybridized carbons (Fsp3) is 0.471. The number of hydrogen-bond donors (Lipinski definition) is 1. The molecule has 0 radical (unpaired) electrons. The summed E-state index contributed by atoms with van der Waals surface area (Å²) in [4.78, 5) is 29.7. The molecule has 2 aromatic heterocycles. The number of thiophene rings is 1. The van der Waals surface area contributed by atoms with Gasteiger partial charge in [-0.2, -0.15) is 0 Å². The first-order valence-corrected chi connectivity index (χ1v) is 9.67. The van der Waals surface area contributed by atoms with Crippen LogP contribution < -0.4 is 10.9 Å². The lowest BCUT2D eigenvalue weighted by molar-refractivity contribution is -0.118. The van der Waals surface area contributed by atoms with Gasteiger partial charge in [-0.25, -0.2) is 4.98 Å². The molecule has 7 heteroatoms. The van der Waals surface area contributed by atoms with E-state index in [9.17, 15) is 9.59 Å². The number of nitrogens with one attached hydrogen (secondary N) is 1. The Morgan fingerprint density at radius 2 is 2.25 bits per heavy atom. The fourth-order valence-electron chi connectivity index (χ4n) is 2.09. The molecule has 0 saturated heterocycles. The first kappa shape index (κ1) is 18.7. The minimum absolute atomic E-state index is 0.0464. The maximum atomic E-state index is 12.5. The molecule has 1 amide bonds. The number of thioether (sulfide) groups is 1. The average Bonchev–Trinajstić information content (AvgIpc) is 2.96. The van der Waals surface area contributed by atoms with Gasteiger partial charge >= 0.3 is 0 Å². The summed E-state index contributed by atoms with van der Waals surface area (Å²) in [6.07, 6.45) is 2.58. The van der Waals surface area contributed by atoms with E-state index in [0.29, 0.717) is 28.5 Å². The van der Waals surface area contributed by atoms with E-state index >= 15 is 0 Å². The van der Waals surface area contributed by atoms with Crippen LogP contribution in [0.1, 0.15) is 27.2 Å². The van der Waals surface area contributed by atoms with Crippen LogP contribution in [0.25, 0.3) is 10.2 Å². The maximum absolute atomic E-state index is 12.5. The SMILES string of the molecule is C=CCn1c(SCC(=O)NCCC(C)(C)C)nc2sccc2c1=O. The van der Waals surface area contributed by atoms with Gasteiger partial charge in [-0.1, -0.05) is 38.6 Å². The molecule has 0 atom stereocenters. The van der Waals surface area contributed by atoms with Crippen molar-refractivity contribution in [1.82, 2.24) is 14.9 Å². The van der Waals surface area contributed by atoms with Crippen molar-refractivity contribution >= 4 is 39.2 Å². The smallest absolute Gasteiger partial charge is 0.263 e. The zero-order valence-corrected chi connectivity index (χ0v) is 15.9. The summed E-state index contributed by atoms with van der Waals surface area (Å²) < 4.78 is 1.56. The Balaban J connectivity index is 2.06. The lowest BCUT2D eigenvalue weighted by atomic mass is 9.92. The van der Waals surface area contributed by atoms with E-state index in [1.165, 1.54) is 23.1 Å². The van der Waals surface area contributed by atoms with E-state index in [1.54, 1.807) is 16.7 Å². The number of rotatable bonds is 7. The lowest BCUT2D eigenvalue weighted by Gasteiger charge is -2.18. The van der Waals surface area contributed by atoms with Crippen molar-refractivity contribution < 1.29 is 4.79 Å². The Bertz CT molecular complexity index is 787. The zero-order chi connectivity index (χ0) is 17.7.